The van der Waals surface area contributed by atoms with Crippen molar-refractivity contribution in [3.05, 3.63) is 36.0 Å². The van der Waals surface area contributed by atoms with E-state index in [0.717, 1.165) is 30.1 Å². The standard InChI is InChI=1S/C14H19N3O/c1-4-15-9-11-10-17(2)16-14(11)12-7-5-6-8-13(12)18-3/h5-8,10,15H,4,9H2,1-3H3. The number of para-hydroxylation sites is 1. The SMILES string of the molecule is CCNCc1cn(C)nc1-c1ccccc1OC. The molecule has 1 N–H and O–H groups in total. The highest BCUT2D eigenvalue weighted by molar-refractivity contribution is 5.69. The number of rotatable bonds is 5. The van der Waals surface area contributed by atoms with Crippen LogP contribution in [0.1, 0.15) is 12.5 Å². The maximum Gasteiger partial charge on any atom is 0.128 e. The second-order valence-electron chi connectivity index (χ2n) is 4.16. The van der Waals surface area contributed by atoms with E-state index in [1.165, 1.54) is 5.56 Å². The van der Waals surface area contributed by atoms with Crippen molar-refractivity contribution in [2.45, 2.75) is 13.5 Å². The highest BCUT2D eigenvalue weighted by Gasteiger charge is 2.13. The molecule has 0 aliphatic carbocycles. The summed E-state index contributed by atoms with van der Waals surface area (Å²) in [5, 5.41) is 7.87. The second kappa shape index (κ2) is 5.69. The summed E-state index contributed by atoms with van der Waals surface area (Å²) < 4.78 is 7.24. The Morgan fingerprint density at radius 3 is 2.83 bits per heavy atom. The van der Waals surface area contributed by atoms with Crippen molar-refractivity contribution < 1.29 is 4.74 Å². The van der Waals surface area contributed by atoms with Crippen molar-refractivity contribution in [2.24, 2.45) is 7.05 Å². The molecule has 0 spiro atoms. The lowest BCUT2D eigenvalue weighted by atomic mass is 10.1. The molecule has 0 saturated heterocycles. The number of nitrogens with one attached hydrogen (secondary N) is 1. The summed E-state index contributed by atoms with van der Waals surface area (Å²) in [6.07, 6.45) is 2.05. The van der Waals surface area contributed by atoms with Crippen LogP contribution in [0.5, 0.6) is 5.75 Å². The first-order valence-electron chi connectivity index (χ1n) is 6.13. The lowest BCUT2D eigenvalue weighted by Gasteiger charge is -2.08. The van der Waals surface area contributed by atoms with Crippen molar-refractivity contribution in [1.29, 1.82) is 0 Å². The van der Waals surface area contributed by atoms with Crippen LogP contribution in [0.3, 0.4) is 0 Å². The van der Waals surface area contributed by atoms with E-state index < -0.39 is 0 Å². The van der Waals surface area contributed by atoms with Gasteiger partial charge in [0.25, 0.3) is 0 Å². The molecule has 0 radical (unpaired) electrons. The largest absolute Gasteiger partial charge is 0.496 e. The monoisotopic (exact) mass is 245 g/mol. The minimum atomic E-state index is 0.817. The third-order valence-corrected chi connectivity index (χ3v) is 2.83. The summed E-state index contributed by atoms with van der Waals surface area (Å²) in [7, 11) is 3.63. The van der Waals surface area contributed by atoms with Gasteiger partial charge in [-0.05, 0) is 18.7 Å². The summed E-state index contributed by atoms with van der Waals surface area (Å²) in [6.45, 7) is 3.86. The van der Waals surface area contributed by atoms with Gasteiger partial charge in [-0.1, -0.05) is 19.1 Å². The highest BCUT2D eigenvalue weighted by atomic mass is 16.5. The van der Waals surface area contributed by atoms with Crippen molar-refractivity contribution in [3.63, 3.8) is 0 Å². The molecular weight excluding hydrogens is 226 g/mol. The van der Waals surface area contributed by atoms with Gasteiger partial charge in [-0.15, -0.1) is 0 Å². The van der Waals surface area contributed by atoms with Crippen LogP contribution in [0, 0.1) is 0 Å². The van der Waals surface area contributed by atoms with Gasteiger partial charge in [-0.2, -0.15) is 5.10 Å². The van der Waals surface area contributed by atoms with Crippen LogP contribution in [0.15, 0.2) is 30.5 Å². The first kappa shape index (κ1) is 12.6. The molecule has 2 aromatic rings. The van der Waals surface area contributed by atoms with Gasteiger partial charge in [-0.25, -0.2) is 0 Å². The van der Waals surface area contributed by atoms with Crippen LogP contribution in [0.25, 0.3) is 11.3 Å². The number of ether oxygens (including phenoxy) is 1. The van der Waals surface area contributed by atoms with E-state index >= 15 is 0 Å². The fourth-order valence-corrected chi connectivity index (χ4v) is 1.99. The molecule has 1 aromatic carbocycles. The van der Waals surface area contributed by atoms with E-state index in [2.05, 4.69) is 17.3 Å². The van der Waals surface area contributed by atoms with Crippen LogP contribution < -0.4 is 10.1 Å². The number of nitrogens with zero attached hydrogens (tertiary/aromatic N) is 2. The highest BCUT2D eigenvalue weighted by Crippen LogP contribution is 2.30. The van der Waals surface area contributed by atoms with E-state index in [4.69, 9.17) is 4.74 Å². The molecule has 0 bridgehead atoms. The zero-order valence-corrected chi connectivity index (χ0v) is 11.1. The van der Waals surface area contributed by atoms with Gasteiger partial charge in [0.2, 0.25) is 0 Å². The maximum absolute atomic E-state index is 5.40. The number of aromatic nitrogens is 2. The van der Waals surface area contributed by atoms with Gasteiger partial charge in [0, 0.05) is 30.9 Å². The van der Waals surface area contributed by atoms with Gasteiger partial charge < -0.3 is 10.1 Å². The molecule has 4 heteroatoms. The van der Waals surface area contributed by atoms with E-state index in [0.29, 0.717) is 0 Å². The quantitative estimate of drug-likeness (QED) is 0.877. The molecule has 96 valence electrons. The zero-order chi connectivity index (χ0) is 13.0. The summed E-state index contributed by atoms with van der Waals surface area (Å²) in [6, 6.07) is 7.97. The van der Waals surface area contributed by atoms with Crippen molar-refractivity contribution in [2.75, 3.05) is 13.7 Å². The molecule has 4 nitrogen and oxygen atoms in total. The van der Waals surface area contributed by atoms with Gasteiger partial charge in [-0.3, -0.25) is 4.68 Å². The number of hydrogen-bond acceptors (Lipinski definition) is 3. The summed E-state index contributed by atoms with van der Waals surface area (Å²) in [5.41, 5.74) is 3.20. The minimum Gasteiger partial charge on any atom is -0.496 e. The predicted molar refractivity (Wildman–Crippen MR) is 72.6 cm³/mol. The molecule has 2 rings (SSSR count). The van der Waals surface area contributed by atoms with E-state index in [1.807, 2.05) is 42.2 Å². The molecule has 0 atom stereocenters. The molecule has 0 amide bonds. The van der Waals surface area contributed by atoms with Crippen molar-refractivity contribution >= 4 is 0 Å². The second-order valence-corrected chi connectivity index (χ2v) is 4.16. The van der Waals surface area contributed by atoms with Crippen molar-refractivity contribution in [1.82, 2.24) is 15.1 Å². The fraction of sp³-hybridized carbons (Fsp3) is 0.357. The normalized spacial score (nSPS) is 10.6. The molecule has 1 aromatic heterocycles. The van der Waals surface area contributed by atoms with Gasteiger partial charge in [0.05, 0.1) is 7.11 Å². The van der Waals surface area contributed by atoms with E-state index in [9.17, 15) is 0 Å². The molecule has 0 saturated carbocycles. The number of methoxy groups -OCH3 is 1. The number of hydrogen-bond donors (Lipinski definition) is 1. The molecule has 18 heavy (non-hydrogen) atoms. The Balaban J connectivity index is 2.42. The molecule has 0 unspecified atom stereocenters. The van der Waals surface area contributed by atoms with E-state index in [-0.39, 0.29) is 0 Å². The maximum atomic E-state index is 5.40. The van der Waals surface area contributed by atoms with Gasteiger partial charge in [0.1, 0.15) is 11.4 Å². The van der Waals surface area contributed by atoms with Crippen LogP contribution in [0.2, 0.25) is 0 Å². The minimum absolute atomic E-state index is 0.817. The third kappa shape index (κ3) is 2.54. The molecule has 0 aliphatic rings. The molecule has 0 aliphatic heterocycles. The Hall–Kier alpha value is -1.81. The topological polar surface area (TPSA) is 39.1 Å². The first-order chi connectivity index (χ1) is 8.76. The summed E-state index contributed by atoms with van der Waals surface area (Å²) >= 11 is 0. The Kier molecular flexibility index (Phi) is 3.99. The van der Waals surface area contributed by atoms with Crippen LogP contribution in [-0.2, 0) is 13.6 Å². The number of aryl methyl sites for hydroxylation is 1. The van der Waals surface area contributed by atoms with E-state index in [1.54, 1.807) is 7.11 Å². The zero-order valence-electron chi connectivity index (χ0n) is 11.1. The Labute approximate surface area is 108 Å². The molecule has 1 heterocycles. The van der Waals surface area contributed by atoms with Crippen molar-refractivity contribution in [3.8, 4) is 17.0 Å². The molecular formula is C14H19N3O. The number of benzene rings is 1. The van der Waals surface area contributed by atoms with Crippen LogP contribution in [-0.4, -0.2) is 23.4 Å². The Bertz CT molecular complexity index is 520. The van der Waals surface area contributed by atoms with Crippen LogP contribution >= 0.6 is 0 Å². The fourth-order valence-electron chi connectivity index (χ4n) is 1.99. The predicted octanol–water partition coefficient (Wildman–Crippen LogP) is 2.21. The van der Waals surface area contributed by atoms with Crippen LogP contribution in [0.4, 0.5) is 0 Å². The molecule has 0 fully saturated rings. The third-order valence-electron chi connectivity index (χ3n) is 2.83. The summed E-state index contributed by atoms with van der Waals surface area (Å²) in [4.78, 5) is 0. The first-order valence-corrected chi connectivity index (χ1v) is 6.13. The Morgan fingerprint density at radius 1 is 1.33 bits per heavy atom. The lowest BCUT2D eigenvalue weighted by Crippen LogP contribution is -2.11. The lowest BCUT2D eigenvalue weighted by molar-refractivity contribution is 0.416. The average molecular weight is 245 g/mol. The average Bonchev–Trinajstić information content (AvgIpc) is 2.77. The summed E-state index contributed by atoms with van der Waals surface area (Å²) in [5.74, 6) is 0.856. The Morgan fingerprint density at radius 2 is 2.11 bits per heavy atom. The van der Waals surface area contributed by atoms with Gasteiger partial charge >= 0.3 is 0 Å². The smallest absolute Gasteiger partial charge is 0.128 e. The van der Waals surface area contributed by atoms with Gasteiger partial charge in [0.15, 0.2) is 0 Å².